The number of hydrogen-bond donors (Lipinski definition) is 0. The fraction of sp³-hybridized carbons (Fsp3) is 0.412. The number of carbonyl (C=O) groups excluding carboxylic acids is 1. The average Bonchev–Trinajstić information content (AvgIpc) is 3.10. The molecule has 1 fully saturated rings. The van der Waals surface area contributed by atoms with Crippen LogP contribution in [0.25, 0.3) is 0 Å². The first-order valence-corrected chi connectivity index (χ1v) is 8.04. The molecule has 3 heterocycles. The highest BCUT2D eigenvalue weighted by Gasteiger charge is 2.29. The van der Waals surface area contributed by atoms with Crippen LogP contribution < -0.4 is 14.4 Å². The first kappa shape index (κ1) is 16.9. The Bertz CT molecular complexity index is 735. The van der Waals surface area contributed by atoms with E-state index in [4.69, 9.17) is 9.47 Å². The van der Waals surface area contributed by atoms with E-state index < -0.39 is 0 Å². The number of nitrogens with zero attached hydrogens (tertiary/aromatic N) is 5. The van der Waals surface area contributed by atoms with E-state index in [1.54, 1.807) is 23.2 Å². The normalized spacial score (nSPS) is 16.6. The van der Waals surface area contributed by atoms with Crippen LogP contribution in [0.3, 0.4) is 0 Å². The topological polar surface area (TPSA) is 80.7 Å². The van der Waals surface area contributed by atoms with Crippen LogP contribution in [-0.4, -0.2) is 66.4 Å². The monoisotopic (exact) mass is 343 g/mol. The predicted molar refractivity (Wildman–Crippen MR) is 92.1 cm³/mol. The molecule has 1 amide bonds. The standard InChI is InChI=1S/C17H21N5O3/c1-21(2)16-14(5-4-9-18-16)25-12-8-10-22(11-12)17(23)13-6-7-15(24-3)20-19-13/h4-7,9,12H,8,10-11H2,1-3H3. The van der Waals surface area contributed by atoms with Gasteiger partial charge in [0.1, 0.15) is 6.10 Å². The summed E-state index contributed by atoms with van der Waals surface area (Å²) in [6.07, 6.45) is 2.42. The van der Waals surface area contributed by atoms with Crippen LogP contribution in [0.1, 0.15) is 16.9 Å². The summed E-state index contributed by atoms with van der Waals surface area (Å²) in [4.78, 5) is 20.5. The number of amides is 1. The van der Waals surface area contributed by atoms with Gasteiger partial charge in [-0.2, -0.15) is 0 Å². The molecule has 0 N–H and O–H groups in total. The lowest BCUT2D eigenvalue weighted by molar-refractivity contribution is 0.0765. The van der Waals surface area contributed by atoms with E-state index in [-0.39, 0.29) is 12.0 Å². The van der Waals surface area contributed by atoms with Crippen molar-refractivity contribution in [3.63, 3.8) is 0 Å². The number of ether oxygens (including phenoxy) is 2. The van der Waals surface area contributed by atoms with Crippen molar-refractivity contribution in [3.8, 4) is 11.6 Å². The van der Waals surface area contributed by atoms with Gasteiger partial charge in [-0.1, -0.05) is 0 Å². The predicted octanol–water partition coefficient (Wildman–Crippen LogP) is 1.24. The third kappa shape index (κ3) is 3.78. The molecule has 25 heavy (non-hydrogen) atoms. The lowest BCUT2D eigenvalue weighted by Crippen LogP contribution is -2.31. The van der Waals surface area contributed by atoms with E-state index in [0.717, 1.165) is 18.0 Å². The van der Waals surface area contributed by atoms with Crippen LogP contribution in [0.15, 0.2) is 30.5 Å². The van der Waals surface area contributed by atoms with Crippen LogP contribution in [-0.2, 0) is 0 Å². The zero-order chi connectivity index (χ0) is 17.8. The highest BCUT2D eigenvalue weighted by Crippen LogP contribution is 2.27. The van der Waals surface area contributed by atoms with Crippen molar-refractivity contribution >= 4 is 11.7 Å². The third-order valence-electron chi connectivity index (χ3n) is 3.97. The molecule has 1 unspecified atom stereocenters. The minimum Gasteiger partial charge on any atom is -0.485 e. The largest absolute Gasteiger partial charge is 0.485 e. The van der Waals surface area contributed by atoms with Crippen LogP contribution >= 0.6 is 0 Å². The molecule has 3 rings (SSSR count). The quantitative estimate of drug-likeness (QED) is 0.808. The summed E-state index contributed by atoms with van der Waals surface area (Å²) in [5, 5.41) is 7.76. The Morgan fingerprint density at radius 2 is 2.12 bits per heavy atom. The number of likely N-dealkylation sites (tertiary alicyclic amines) is 1. The molecule has 2 aromatic rings. The first-order valence-electron chi connectivity index (χ1n) is 8.04. The van der Waals surface area contributed by atoms with Crippen molar-refractivity contribution in [3.05, 3.63) is 36.2 Å². The summed E-state index contributed by atoms with van der Waals surface area (Å²) < 4.78 is 11.0. The Hall–Kier alpha value is -2.90. The van der Waals surface area contributed by atoms with Gasteiger partial charge in [0.25, 0.3) is 5.91 Å². The lowest BCUT2D eigenvalue weighted by atomic mass is 10.3. The maximum absolute atomic E-state index is 12.5. The molecule has 1 saturated heterocycles. The smallest absolute Gasteiger partial charge is 0.274 e. The van der Waals surface area contributed by atoms with Gasteiger partial charge >= 0.3 is 0 Å². The second-order valence-corrected chi connectivity index (χ2v) is 5.96. The van der Waals surface area contributed by atoms with Gasteiger partial charge in [0.05, 0.1) is 13.7 Å². The Labute approximate surface area is 146 Å². The fourth-order valence-electron chi connectivity index (χ4n) is 2.70. The van der Waals surface area contributed by atoms with E-state index in [0.29, 0.717) is 24.7 Å². The molecule has 2 aromatic heterocycles. The van der Waals surface area contributed by atoms with E-state index in [1.165, 1.54) is 7.11 Å². The molecular weight excluding hydrogens is 322 g/mol. The molecule has 8 heteroatoms. The summed E-state index contributed by atoms with van der Waals surface area (Å²) in [5.74, 6) is 1.72. The van der Waals surface area contributed by atoms with Gasteiger partial charge < -0.3 is 19.3 Å². The maximum Gasteiger partial charge on any atom is 0.274 e. The van der Waals surface area contributed by atoms with E-state index in [1.807, 2.05) is 31.1 Å². The molecule has 0 bridgehead atoms. The first-order chi connectivity index (χ1) is 12.1. The lowest BCUT2D eigenvalue weighted by Gasteiger charge is -2.20. The molecule has 8 nitrogen and oxygen atoms in total. The second-order valence-electron chi connectivity index (χ2n) is 5.96. The molecule has 132 valence electrons. The van der Waals surface area contributed by atoms with E-state index in [2.05, 4.69) is 15.2 Å². The zero-order valence-electron chi connectivity index (χ0n) is 14.5. The number of anilines is 1. The van der Waals surface area contributed by atoms with Gasteiger partial charge in [0.15, 0.2) is 17.3 Å². The Balaban J connectivity index is 1.64. The third-order valence-corrected chi connectivity index (χ3v) is 3.97. The number of methoxy groups -OCH3 is 1. The number of aromatic nitrogens is 3. The van der Waals surface area contributed by atoms with E-state index >= 15 is 0 Å². The summed E-state index contributed by atoms with van der Waals surface area (Å²) >= 11 is 0. The molecule has 1 atom stereocenters. The maximum atomic E-state index is 12.5. The molecule has 1 aliphatic rings. The SMILES string of the molecule is COc1ccc(C(=O)N2CCC(Oc3cccnc3N(C)C)C2)nn1. The number of hydrogen-bond acceptors (Lipinski definition) is 7. The number of carbonyl (C=O) groups is 1. The van der Waals surface area contributed by atoms with Gasteiger partial charge in [0, 0.05) is 39.3 Å². The minimum absolute atomic E-state index is 0.0712. The van der Waals surface area contributed by atoms with Gasteiger partial charge in [0.2, 0.25) is 5.88 Å². The fourth-order valence-corrected chi connectivity index (χ4v) is 2.70. The van der Waals surface area contributed by atoms with Crippen LogP contribution in [0.2, 0.25) is 0 Å². The van der Waals surface area contributed by atoms with Crippen molar-refractivity contribution in [2.24, 2.45) is 0 Å². The Morgan fingerprint density at radius 1 is 1.28 bits per heavy atom. The number of rotatable bonds is 5. The van der Waals surface area contributed by atoms with Crippen molar-refractivity contribution < 1.29 is 14.3 Å². The summed E-state index contributed by atoms with van der Waals surface area (Å²) in [6.45, 7) is 1.13. The van der Waals surface area contributed by atoms with Crippen LogP contribution in [0.4, 0.5) is 5.82 Å². The highest BCUT2D eigenvalue weighted by molar-refractivity contribution is 5.92. The Kier molecular flexibility index (Phi) is 4.97. The van der Waals surface area contributed by atoms with Crippen molar-refractivity contribution in [2.45, 2.75) is 12.5 Å². The molecule has 0 spiro atoms. The molecule has 0 saturated carbocycles. The molecule has 0 radical (unpaired) electrons. The number of pyridine rings is 1. The summed E-state index contributed by atoms with van der Waals surface area (Å²) in [6, 6.07) is 6.98. The highest BCUT2D eigenvalue weighted by atomic mass is 16.5. The van der Waals surface area contributed by atoms with Crippen molar-refractivity contribution in [1.82, 2.24) is 20.1 Å². The average molecular weight is 343 g/mol. The second kappa shape index (κ2) is 7.33. The Morgan fingerprint density at radius 3 is 2.80 bits per heavy atom. The van der Waals surface area contributed by atoms with E-state index in [9.17, 15) is 4.79 Å². The molecular formula is C17H21N5O3. The zero-order valence-corrected chi connectivity index (χ0v) is 14.5. The van der Waals surface area contributed by atoms with Crippen molar-refractivity contribution in [2.75, 3.05) is 39.2 Å². The van der Waals surface area contributed by atoms with Gasteiger partial charge in [-0.15, -0.1) is 10.2 Å². The van der Waals surface area contributed by atoms with Crippen LogP contribution in [0, 0.1) is 0 Å². The minimum atomic E-state index is -0.153. The molecule has 0 aromatic carbocycles. The van der Waals surface area contributed by atoms with Gasteiger partial charge in [-0.25, -0.2) is 4.98 Å². The van der Waals surface area contributed by atoms with Crippen LogP contribution in [0.5, 0.6) is 11.6 Å². The van der Waals surface area contributed by atoms with Gasteiger partial charge in [-0.05, 0) is 18.2 Å². The van der Waals surface area contributed by atoms with Crippen molar-refractivity contribution in [1.29, 1.82) is 0 Å². The molecule has 0 aliphatic carbocycles. The summed E-state index contributed by atoms with van der Waals surface area (Å²) in [5.41, 5.74) is 0.303. The molecule has 1 aliphatic heterocycles. The van der Waals surface area contributed by atoms with Gasteiger partial charge in [-0.3, -0.25) is 4.79 Å². The summed E-state index contributed by atoms with van der Waals surface area (Å²) in [7, 11) is 5.35.